The van der Waals surface area contributed by atoms with Crippen molar-refractivity contribution in [3.63, 3.8) is 0 Å². The molecule has 0 aliphatic rings. The summed E-state index contributed by atoms with van der Waals surface area (Å²) in [5.74, 6) is -2.59. The van der Waals surface area contributed by atoms with E-state index in [9.17, 15) is 9.59 Å². The van der Waals surface area contributed by atoms with Crippen LogP contribution in [0.15, 0.2) is 19.0 Å². The molecule has 1 rings (SSSR count). The number of carbonyl (C=O) groups excluding carboxylic acids is 1. The van der Waals surface area contributed by atoms with Gasteiger partial charge in [0.2, 0.25) is 5.82 Å². The monoisotopic (exact) mass is 195 g/mol. The van der Waals surface area contributed by atoms with E-state index >= 15 is 0 Å². The molecule has 0 aliphatic heterocycles. The normalized spacial score (nSPS) is 9.14. The predicted octanol–water partition coefficient (Wildman–Crippen LogP) is -0.339. The van der Waals surface area contributed by atoms with Crippen LogP contribution in [-0.4, -0.2) is 32.0 Å². The van der Waals surface area contributed by atoms with Gasteiger partial charge in [0.15, 0.2) is 0 Å². The van der Waals surface area contributed by atoms with E-state index in [1.807, 2.05) is 0 Å². The molecule has 1 heterocycles. The summed E-state index contributed by atoms with van der Waals surface area (Å²) < 4.78 is 4.47. The molecule has 0 saturated heterocycles. The summed E-state index contributed by atoms with van der Waals surface area (Å²) in [6.07, 6.45) is 1.84. The topological polar surface area (TPSA) is 102 Å². The second-order valence-corrected chi connectivity index (χ2v) is 2.02. The number of esters is 1. The molecule has 0 unspecified atom stereocenters. The average molecular weight is 195 g/mol. The quantitative estimate of drug-likeness (QED) is 0.519. The Kier molecular flexibility index (Phi) is 2.85. The lowest BCUT2D eigenvalue weighted by Crippen LogP contribution is -2.10. The fourth-order valence-corrected chi connectivity index (χ4v) is 0.565. The van der Waals surface area contributed by atoms with Crippen LogP contribution in [0.3, 0.4) is 0 Å². The van der Waals surface area contributed by atoms with Crippen molar-refractivity contribution in [3.8, 4) is 6.01 Å². The standard InChI is InChI=1S/C7H5N3O4/c1-2-4(11)14-7-9-3-8-5(10-7)6(12)13/h2-3H,1H2,(H,12,13). The van der Waals surface area contributed by atoms with Crippen LogP contribution >= 0.6 is 0 Å². The Bertz CT molecular complexity index is 390. The number of carboxylic acid groups (broad SMARTS) is 1. The number of carbonyl (C=O) groups is 2. The van der Waals surface area contributed by atoms with Crippen LogP contribution in [0.25, 0.3) is 0 Å². The highest BCUT2D eigenvalue weighted by atomic mass is 16.5. The van der Waals surface area contributed by atoms with Gasteiger partial charge in [-0.05, 0) is 0 Å². The molecule has 7 nitrogen and oxygen atoms in total. The first-order valence-corrected chi connectivity index (χ1v) is 3.40. The average Bonchev–Trinajstić information content (AvgIpc) is 2.18. The first kappa shape index (κ1) is 9.78. The largest absolute Gasteiger partial charge is 0.475 e. The summed E-state index contributed by atoms with van der Waals surface area (Å²) in [6.45, 7) is 3.15. The fourth-order valence-electron chi connectivity index (χ4n) is 0.565. The SMILES string of the molecule is C=CC(=O)Oc1ncnc(C(=O)O)n1. The molecular weight excluding hydrogens is 190 g/mol. The van der Waals surface area contributed by atoms with Crippen LogP contribution in [0.4, 0.5) is 0 Å². The minimum Gasteiger partial charge on any atom is -0.475 e. The fraction of sp³-hybridized carbons (Fsp3) is 0. The minimum atomic E-state index is -1.33. The zero-order valence-electron chi connectivity index (χ0n) is 6.88. The Morgan fingerprint density at radius 2 is 2.21 bits per heavy atom. The zero-order valence-corrected chi connectivity index (χ0v) is 6.88. The number of aromatic carboxylic acids is 1. The summed E-state index contributed by atoms with van der Waals surface area (Å²) in [5, 5.41) is 8.49. The van der Waals surface area contributed by atoms with Crippen LogP contribution < -0.4 is 4.74 Å². The lowest BCUT2D eigenvalue weighted by atomic mass is 10.6. The molecule has 72 valence electrons. The maximum atomic E-state index is 10.7. The molecule has 0 aromatic carbocycles. The number of ether oxygens (including phenoxy) is 1. The second-order valence-electron chi connectivity index (χ2n) is 2.02. The van der Waals surface area contributed by atoms with Crippen LogP contribution in [0.1, 0.15) is 10.6 Å². The third kappa shape index (κ3) is 2.34. The molecule has 0 radical (unpaired) electrons. The molecule has 1 aromatic rings. The third-order valence-corrected chi connectivity index (χ3v) is 1.10. The molecule has 1 aromatic heterocycles. The van der Waals surface area contributed by atoms with Gasteiger partial charge in [-0.3, -0.25) is 0 Å². The van der Waals surface area contributed by atoms with Gasteiger partial charge in [-0.2, -0.15) is 9.97 Å². The van der Waals surface area contributed by atoms with Gasteiger partial charge in [0.05, 0.1) is 0 Å². The Labute approximate surface area is 78.1 Å². The Morgan fingerprint density at radius 1 is 1.50 bits per heavy atom. The Hall–Kier alpha value is -2.31. The van der Waals surface area contributed by atoms with E-state index in [4.69, 9.17) is 5.11 Å². The van der Waals surface area contributed by atoms with Crippen molar-refractivity contribution in [2.45, 2.75) is 0 Å². The lowest BCUT2D eigenvalue weighted by Gasteiger charge is -1.97. The zero-order chi connectivity index (χ0) is 10.6. The summed E-state index contributed by atoms with van der Waals surface area (Å²) in [4.78, 5) is 31.2. The van der Waals surface area contributed by atoms with Crippen molar-refractivity contribution >= 4 is 11.9 Å². The molecule has 0 saturated carbocycles. The van der Waals surface area contributed by atoms with Gasteiger partial charge >= 0.3 is 17.9 Å². The van der Waals surface area contributed by atoms with Crippen LogP contribution in [0, 0.1) is 0 Å². The number of rotatable bonds is 3. The Morgan fingerprint density at radius 3 is 2.79 bits per heavy atom. The van der Waals surface area contributed by atoms with E-state index in [0.29, 0.717) is 0 Å². The molecule has 0 bridgehead atoms. The molecule has 0 spiro atoms. The van der Waals surface area contributed by atoms with E-state index in [0.717, 1.165) is 12.4 Å². The van der Waals surface area contributed by atoms with Crippen LogP contribution in [0.2, 0.25) is 0 Å². The maximum Gasteiger partial charge on any atom is 0.374 e. The number of nitrogens with zero attached hydrogens (tertiary/aromatic N) is 3. The van der Waals surface area contributed by atoms with Gasteiger partial charge in [0, 0.05) is 6.08 Å². The van der Waals surface area contributed by atoms with Crippen LogP contribution in [0.5, 0.6) is 6.01 Å². The molecule has 0 fully saturated rings. The first-order valence-electron chi connectivity index (χ1n) is 3.40. The number of aromatic nitrogens is 3. The minimum absolute atomic E-state index is 0.373. The van der Waals surface area contributed by atoms with E-state index in [1.54, 1.807) is 0 Å². The summed E-state index contributed by atoms with van der Waals surface area (Å²) in [7, 11) is 0. The first-order chi connectivity index (χ1) is 6.63. The molecule has 0 atom stereocenters. The highest BCUT2D eigenvalue weighted by Crippen LogP contribution is 2.00. The highest BCUT2D eigenvalue weighted by Gasteiger charge is 2.10. The van der Waals surface area contributed by atoms with Crippen molar-refractivity contribution in [2.24, 2.45) is 0 Å². The molecule has 0 aliphatic carbocycles. The molecule has 14 heavy (non-hydrogen) atoms. The summed E-state index contributed by atoms with van der Waals surface area (Å²) in [6, 6.07) is -0.373. The Balaban J connectivity index is 2.88. The molecule has 1 N–H and O–H groups in total. The van der Waals surface area contributed by atoms with Gasteiger partial charge in [0.25, 0.3) is 0 Å². The molecule has 0 amide bonds. The van der Waals surface area contributed by atoms with Gasteiger partial charge in [0.1, 0.15) is 6.33 Å². The van der Waals surface area contributed by atoms with E-state index < -0.39 is 17.8 Å². The van der Waals surface area contributed by atoms with Gasteiger partial charge in [-0.15, -0.1) is 0 Å². The smallest absolute Gasteiger partial charge is 0.374 e. The highest BCUT2D eigenvalue weighted by molar-refractivity contribution is 5.84. The van der Waals surface area contributed by atoms with Gasteiger partial charge in [-0.25, -0.2) is 14.6 Å². The van der Waals surface area contributed by atoms with Crippen molar-refractivity contribution in [3.05, 3.63) is 24.8 Å². The van der Waals surface area contributed by atoms with E-state index in [1.165, 1.54) is 0 Å². The maximum absolute atomic E-state index is 10.7. The third-order valence-electron chi connectivity index (χ3n) is 1.10. The predicted molar refractivity (Wildman–Crippen MR) is 42.6 cm³/mol. The number of hydrogen-bond acceptors (Lipinski definition) is 6. The molecular formula is C7H5N3O4. The summed E-state index contributed by atoms with van der Waals surface area (Å²) >= 11 is 0. The van der Waals surface area contributed by atoms with E-state index in [2.05, 4.69) is 26.3 Å². The van der Waals surface area contributed by atoms with Gasteiger partial charge in [-0.1, -0.05) is 6.58 Å². The van der Waals surface area contributed by atoms with Crippen LogP contribution in [-0.2, 0) is 4.79 Å². The van der Waals surface area contributed by atoms with Crippen molar-refractivity contribution in [2.75, 3.05) is 0 Å². The lowest BCUT2D eigenvalue weighted by molar-refractivity contribution is -0.129. The van der Waals surface area contributed by atoms with Crippen molar-refractivity contribution in [1.82, 2.24) is 15.0 Å². The number of carboxylic acids is 1. The van der Waals surface area contributed by atoms with Crippen molar-refractivity contribution < 1.29 is 19.4 Å². The second kappa shape index (κ2) is 4.08. The molecule has 7 heteroatoms. The number of hydrogen-bond donors (Lipinski definition) is 1. The summed E-state index contributed by atoms with van der Waals surface area (Å²) in [5.41, 5.74) is 0. The van der Waals surface area contributed by atoms with Crippen molar-refractivity contribution in [1.29, 1.82) is 0 Å². The van der Waals surface area contributed by atoms with Gasteiger partial charge < -0.3 is 9.84 Å². The van der Waals surface area contributed by atoms with E-state index in [-0.39, 0.29) is 6.01 Å².